The number of nitrogens with one attached hydrogen (secondary N) is 1. The molecule has 0 radical (unpaired) electrons. The zero-order chi connectivity index (χ0) is 19.1. The quantitative estimate of drug-likeness (QED) is 0.432. The van der Waals surface area contributed by atoms with Crippen molar-refractivity contribution in [3.05, 3.63) is 57.1 Å². The van der Waals surface area contributed by atoms with Gasteiger partial charge in [-0.05, 0) is 24.3 Å². The molecule has 0 spiro atoms. The molecular weight excluding hydrogens is 366 g/mol. The topological polar surface area (TPSA) is 123 Å². The minimum absolute atomic E-state index is 0.0868. The first-order chi connectivity index (χ1) is 12.4. The van der Waals surface area contributed by atoms with Crippen LogP contribution in [0.25, 0.3) is 0 Å². The predicted octanol–water partition coefficient (Wildman–Crippen LogP) is 2.49. The van der Waals surface area contributed by atoms with Gasteiger partial charge >= 0.3 is 5.69 Å². The highest BCUT2D eigenvalue weighted by molar-refractivity contribution is 6.30. The Morgan fingerprint density at radius 1 is 1.42 bits per heavy atom. The molecule has 0 aliphatic rings. The Balaban J connectivity index is 1.98. The smallest absolute Gasteiger partial charge is 0.315 e. The van der Waals surface area contributed by atoms with Crippen molar-refractivity contribution >= 4 is 29.4 Å². The molecule has 0 bridgehead atoms. The lowest BCUT2D eigenvalue weighted by atomic mass is 10.2. The molecule has 0 fully saturated rings. The van der Waals surface area contributed by atoms with Crippen LogP contribution in [0.2, 0.25) is 5.02 Å². The Hall–Kier alpha value is -3.33. The van der Waals surface area contributed by atoms with Crippen LogP contribution in [0.3, 0.4) is 0 Å². The van der Waals surface area contributed by atoms with E-state index in [2.05, 4.69) is 10.5 Å². The van der Waals surface area contributed by atoms with E-state index >= 15 is 0 Å². The molecule has 2 N–H and O–H groups in total. The summed E-state index contributed by atoms with van der Waals surface area (Å²) in [6, 6.07) is 8.98. The molecular formula is C16H14ClN3O6. The van der Waals surface area contributed by atoms with Gasteiger partial charge in [0.15, 0.2) is 12.4 Å². The fourth-order valence-electron chi connectivity index (χ4n) is 1.90. The number of hydrogen-bond donors (Lipinski definition) is 2. The summed E-state index contributed by atoms with van der Waals surface area (Å²) >= 11 is 5.80. The highest BCUT2D eigenvalue weighted by Crippen LogP contribution is 2.36. The highest BCUT2D eigenvalue weighted by Gasteiger charge is 2.19. The van der Waals surface area contributed by atoms with E-state index in [4.69, 9.17) is 21.1 Å². The third-order valence-corrected chi connectivity index (χ3v) is 3.30. The first-order valence-corrected chi connectivity index (χ1v) is 7.54. The minimum atomic E-state index is -0.757. The Kier molecular flexibility index (Phi) is 6.34. The second kappa shape index (κ2) is 8.67. The average Bonchev–Trinajstić information content (AvgIpc) is 2.61. The van der Waals surface area contributed by atoms with E-state index in [1.54, 1.807) is 24.3 Å². The monoisotopic (exact) mass is 379 g/mol. The van der Waals surface area contributed by atoms with Gasteiger partial charge in [0.25, 0.3) is 5.91 Å². The first-order valence-electron chi connectivity index (χ1n) is 7.16. The number of phenols is 1. The Morgan fingerprint density at radius 2 is 2.19 bits per heavy atom. The third kappa shape index (κ3) is 5.08. The number of amides is 1. The number of halogens is 1. The van der Waals surface area contributed by atoms with E-state index in [-0.39, 0.29) is 17.9 Å². The van der Waals surface area contributed by atoms with Crippen LogP contribution in [0, 0.1) is 10.1 Å². The van der Waals surface area contributed by atoms with Gasteiger partial charge in [-0.15, -0.1) is 0 Å². The second-order valence-corrected chi connectivity index (χ2v) is 5.32. The number of carbonyl (C=O) groups is 1. The standard InChI is InChI=1S/C16H14ClN3O6/c1-25-14-6-10(5-13(16(14)22)20(23)24)8-18-19-15(21)9-26-12-4-2-3-11(17)7-12/h2-8,22H,9H2,1H3,(H,19,21)/b18-8+. The maximum absolute atomic E-state index is 11.7. The van der Waals surface area contributed by atoms with Gasteiger partial charge in [0.1, 0.15) is 5.75 Å². The van der Waals surface area contributed by atoms with Gasteiger partial charge < -0.3 is 14.6 Å². The number of hydrazone groups is 1. The normalized spacial score (nSPS) is 10.5. The third-order valence-electron chi connectivity index (χ3n) is 3.06. The summed E-state index contributed by atoms with van der Waals surface area (Å²) in [5, 5.41) is 24.8. The van der Waals surface area contributed by atoms with Crippen LogP contribution in [-0.2, 0) is 4.79 Å². The maximum Gasteiger partial charge on any atom is 0.315 e. The number of nitro groups is 1. The molecule has 10 heteroatoms. The van der Waals surface area contributed by atoms with Crippen LogP contribution in [-0.4, -0.2) is 35.9 Å². The van der Waals surface area contributed by atoms with Gasteiger partial charge in [0.2, 0.25) is 5.75 Å². The molecule has 9 nitrogen and oxygen atoms in total. The molecule has 2 rings (SSSR count). The Labute approximate surface area is 153 Å². The molecule has 2 aromatic carbocycles. The Morgan fingerprint density at radius 3 is 2.85 bits per heavy atom. The van der Waals surface area contributed by atoms with E-state index in [0.717, 1.165) is 6.07 Å². The number of aromatic hydroxyl groups is 1. The number of methoxy groups -OCH3 is 1. The molecule has 0 atom stereocenters. The predicted molar refractivity (Wildman–Crippen MR) is 94.0 cm³/mol. The van der Waals surface area contributed by atoms with Crippen LogP contribution >= 0.6 is 11.6 Å². The van der Waals surface area contributed by atoms with E-state index in [1.807, 2.05) is 0 Å². The second-order valence-electron chi connectivity index (χ2n) is 4.89. The SMILES string of the molecule is COc1cc(/C=N/NC(=O)COc2cccc(Cl)c2)cc([N+](=O)[O-])c1O. The lowest BCUT2D eigenvalue weighted by Gasteiger charge is -2.06. The van der Waals surface area contributed by atoms with Crippen LogP contribution in [0.4, 0.5) is 5.69 Å². The van der Waals surface area contributed by atoms with Crippen molar-refractivity contribution in [2.75, 3.05) is 13.7 Å². The van der Waals surface area contributed by atoms with Crippen LogP contribution in [0.1, 0.15) is 5.56 Å². The molecule has 2 aromatic rings. The lowest BCUT2D eigenvalue weighted by molar-refractivity contribution is -0.386. The summed E-state index contributed by atoms with van der Waals surface area (Å²) in [5.41, 5.74) is 1.93. The number of phenolic OH excluding ortho intramolecular Hbond substituents is 1. The number of rotatable bonds is 7. The molecule has 1 amide bonds. The highest BCUT2D eigenvalue weighted by atomic mass is 35.5. The average molecular weight is 380 g/mol. The van der Waals surface area contributed by atoms with E-state index in [0.29, 0.717) is 10.8 Å². The Bertz CT molecular complexity index is 856. The van der Waals surface area contributed by atoms with Gasteiger partial charge in [-0.3, -0.25) is 14.9 Å². The summed E-state index contributed by atoms with van der Waals surface area (Å²) in [6.45, 7) is -0.295. The van der Waals surface area contributed by atoms with Crippen molar-refractivity contribution in [3.63, 3.8) is 0 Å². The fourth-order valence-corrected chi connectivity index (χ4v) is 2.08. The molecule has 0 aromatic heterocycles. The largest absolute Gasteiger partial charge is 0.500 e. The number of nitrogens with zero attached hydrogens (tertiary/aromatic N) is 2. The summed E-state index contributed by atoms with van der Waals surface area (Å²) in [5.74, 6) is -0.790. The molecule has 0 aliphatic heterocycles. The summed E-state index contributed by atoms with van der Waals surface area (Å²) in [4.78, 5) is 21.8. The van der Waals surface area contributed by atoms with Crippen molar-refractivity contribution in [1.82, 2.24) is 5.43 Å². The van der Waals surface area contributed by atoms with E-state index in [9.17, 15) is 20.0 Å². The van der Waals surface area contributed by atoms with Gasteiger partial charge in [-0.1, -0.05) is 17.7 Å². The van der Waals surface area contributed by atoms with Crippen molar-refractivity contribution in [3.8, 4) is 17.2 Å². The molecule has 0 unspecified atom stereocenters. The number of benzene rings is 2. The number of nitro benzene ring substituents is 1. The summed E-state index contributed by atoms with van der Waals surface area (Å²) in [6.07, 6.45) is 1.17. The number of ether oxygens (including phenoxy) is 2. The van der Waals surface area contributed by atoms with Crippen molar-refractivity contribution in [2.45, 2.75) is 0 Å². The number of hydrogen-bond acceptors (Lipinski definition) is 7. The first kappa shape index (κ1) is 19.0. The molecule has 136 valence electrons. The summed E-state index contributed by atoms with van der Waals surface area (Å²) in [7, 11) is 1.26. The molecule has 0 heterocycles. The molecule has 0 saturated carbocycles. The minimum Gasteiger partial charge on any atom is -0.500 e. The molecule has 26 heavy (non-hydrogen) atoms. The summed E-state index contributed by atoms with van der Waals surface area (Å²) < 4.78 is 10.1. The lowest BCUT2D eigenvalue weighted by Crippen LogP contribution is -2.24. The number of carbonyl (C=O) groups excluding carboxylic acids is 1. The van der Waals surface area contributed by atoms with Gasteiger partial charge in [-0.2, -0.15) is 5.10 Å². The van der Waals surface area contributed by atoms with Crippen LogP contribution in [0.15, 0.2) is 41.5 Å². The molecule has 0 aliphatic carbocycles. The van der Waals surface area contributed by atoms with Gasteiger partial charge in [-0.25, -0.2) is 5.43 Å². The van der Waals surface area contributed by atoms with E-state index in [1.165, 1.54) is 19.4 Å². The van der Waals surface area contributed by atoms with Gasteiger partial charge in [0, 0.05) is 16.7 Å². The van der Waals surface area contributed by atoms with Crippen molar-refractivity contribution in [2.24, 2.45) is 5.10 Å². The van der Waals surface area contributed by atoms with E-state index < -0.39 is 22.3 Å². The zero-order valence-electron chi connectivity index (χ0n) is 13.5. The fraction of sp³-hybridized carbons (Fsp3) is 0.125. The van der Waals surface area contributed by atoms with Crippen LogP contribution < -0.4 is 14.9 Å². The van der Waals surface area contributed by atoms with Crippen LogP contribution in [0.5, 0.6) is 17.2 Å². The maximum atomic E-state index is 11.7. The van der Waals surface area contributed by atoms with Crippen molar-refractivity contribution in [1.29, 1.82) is 0 Å². The van der Waals surface area contributed by atoms with Gasteiger partial charge in [0.05, 0.1) is 18.2 Å². The molecule has 0 saturated heterocycles. The van der Waals surface area contributed by atoms with Crippen molar-refractivity contribution < 1.29 is 24.3 Å². The zero-order valence-corrected chi connectivity index (χ0v) is 14.3.